The first kappa shape index (κ1) is 26.8. The maximum Gasteiger partial charge on any atom is 0.408 e. The lowest BCUT2D eigenvalue weighted by molar-refractivity contribution is -0.138. The Morgan fingerprint density at radius 1 is 1.25 bits per heavy atom. The van der Waals surface area contributed by atoms with Crippen LogP contribution in [0.15, 0.2) is 30.8 Å². The van der Waals surface area contributed by atoms with Gasteiger partial charge in [0.05, 0.1) is 0 Å². The first-order chi connectivity index (χ1) is 14.9. The van der Waals surface area contributed by atoms with Crippen LogP contribution in [0, 0.1) is 12.5 Å². The molecule has 1 aromatic carbocycles. The van der Waals surface area contributed by atoms with E-state index < -0.39 is 35.6 Å². The second-order valence-electron chi connectivity index (χ2n) is 8.68. The van der Waals surface area contributed by atoms with Crippen molar-refractivity contribution in [3.8, 4) is 12.5 Å². The summed E-state index contributed by atoms with van der Waals surface area (Å²) in [6, 6.07) is 7.24. The maximum absolute atomic E-state index is 13.2. The summed E-state index contributed by atoms with van der Waals surface area (Å²) in [7, 11) is 0. The molecule has 0 saturated carbocycles. The predicted molar refractivity (Wildman–Crippen MR) is 126 cm³/mol. The molecule has 0 spiro atoms. The highest BCUT2D eigenvalue weighted by molar-refractivity contribution is 5.93. The van der Waals surface area contributed by atoms with Gasteiger partial charge in [0.25, 0.3) is 5.91 Å². The van der Waals surface area contributed by atoms with E-state index in [1.807, 2.05) is 19.9 Å². The molecule has 7 nitrogen and oxygen atoms in total. The molecule has 3 amide bonds. The zero-order valence-corrected chi connectivity index (χ0v) is 19.9. The van der Waals surface area contributed by atoms with Crippen molar-refractivity contribution in [1.29, 1.82) is 0 Å². The number of benzene rings is 1. The Bertz CT molecular complexity index is 867. The van der Waals surface area contributed by atoms with Crippen LogP contribution in [0.5, 0.6) is 0 Å². The van der Waals surface area contributed by atoms with Crippen molar-refractivity contribution in [2.24, 2.45) is 0 Å². The van der Waals surface area contributed by atoms with Gasteiger partial charge in [-0.15, -0.1) is 0 Å². The van der Waals surface area contributed by atoms with Crippen molar-refractivity contribution in [3.05, 3.63) is 42.0 Å². The van der Waals surface area contributed by atoms with Crippen molar-refractivity contribution >= 4 is 24.0 Å². The average Bonchev–Trinajstić information content (AvgIpc) is 2.69. The fourth-order valence-electron chi connectivity index (χ4n) is 3.12. The van der Waals surface area contributed by atoms with E-state index in [0.29, 0.717) is 5.56 Å². The number of hydrogen-bond acceptors (Lipinski definition) is 4. The summed E-state index contributed by atoms with van der Waals surface area (Å²) < 4.78 is 5.21. The van der Waals surface area contributed by atoms with E-state index in [4.69, 9.17) is 11.2 Å². The van der Waals surface area contributed by atoms with Crippen LogP contribution in [0.25, 0.3) is 6.08 Å². The molecule has 174 valence electrons. The van der Waals surface area contributed by atoms with E-state index in [2.05, 4.69) is 23.3 Å². The number of nitrogens with zero attached hydrogens (tertiary/aromatic N) is 1. The number of carbonyl (C=O) groups excluding carboxylic acids is 3. The standard InChI is InChI=1S/C25H35N3O4/c1-9-13-17(4)26-22(29)21(20-15-12-14-19(10-2)16-20)28(11-3)23(30)18(5)27-24(31)32-25(6,7)8/h3,10,12,14-18,21H,2,9,13H2,1,4-8H3,(H,26,29)(H,27,31). The van der Waals surface area contributed by atoms with Gasteiger partial charge in [0.1, 0.15) is 17.7 Å². The molecule has 0 aromatic heterocycles. The molecule has 3 unspecified atom stereocenters. The summed E-state index contributed by atoms with van der Waals surface area (Å²) in [5, 5.41) is 5.42. The van der Waals surface area contributed by atoms with Crippen LogP contribution in [0.3, 0.4) is 0 Å². The van der Waals surface area contributed by atoms with Crippen molar-refractivity contribution < 1.29 is 19.1 Å². The van der Waals surface area contributed by atoms with E-state index >= 15 is 0 Å². The van der Waals surface area contributed by atoms with E-state index in [1.165, 1.54) is 6.92 Å². The molecule has 0 bridgehead atoms. The molecule has 0 aliphatic carbocycles. The van der Waals surface area contributed by atoms with Crippen LogP contribution in [-0.2, 0) is 14.3 Å². The quantitative estimate of drug-likeness (QED) is 0.448. The minimum Gasteiger partial charge on any atom is -0.444 e. The lowest BCUT2D eigenvalue weighted by atomic mass is 10.0. The fraction of sp³-hybridized carbons (Fsp3) is 0.480. The van der Waals surface area contributed by atoms with Gasteiger partial charge in [0.15, 0.2) is 0 Å². The largest absolute Gasteiger partial charge is 0.444 e. The molecule has 3 atom stereocenters. The minimum atomic E-state index is -1.07. The summed E-state index contributed by atoms with van der Waals surface area (Å²) in [5.41, 5.74) is 0.604. The highest BCUT2D eigenvalue weighted by atomic mass is 16.6. The van der Waals surface area contributed by atoms with Crippen molar-refractivity contribution in [2.45, 2.75) is 78.1 Å². The molecule has 0 fully saturated rings. The zero-order valence-electron chi connectivity index (χ0n) is 19.9. The Morgan fingerprint density at radius 2 is 1.91 bits per heavy atom. The van der Waals surface area contributed by atoms with Crippen molar-refractivity contribution in [2.75, 3.05) is 0 Å². The van der Waals surface area contributed by atoms with Crippen LogP contribution in [0.2, 0.25) is 0 Å². The molecule has 0 saturated heterocycles. The summed E-state index contributed by atoms with van der Waals surface area (Å²) in [4.78, 5) is 39.5. The Hall–Kier alpha value is -3.27. The molecular formula is C25H35N3O4. The second kappa shape index (κ2) is 11.9. The van der Waals surface area contributed by atoms with Gasteiger partial charge >= 0.3 is 6.09 Å². The van der Waals surface area contributed by atoms with Gasteiger partial charge in [-0.2, -0.15) is 0 Å². The second-order valence-corrected chi connectivity index (χ2v) is 8.68. The highest BCUT2D eigenvalue weighted by Crippen LogP contribution is 2.24. The first-order valence-electron chi connectivity index (χ1n) is 10.7. The Balaban J connectivity index is 3.25. The predicted octanol–water partition coefficient (Wildman–Crippen LogP) is 4.01. The lowest BCUT2D eigenvalue weighted by Gasteiger charge is -2.30. The molecule has 7 heteroatoms. The van der Waals surface area contributed by atoms with E-state index in [-0.39, 0.29) is 6.04 Å². The Morgan fingerprint density at radius 3 is 2.44 bits per heavy atom. The van der Waals surface area contributed by atoms with E-state index in [1.54, 1.807) is 45.0 Å². The number of alkyl carbamates (subject to hydrolysis) is 1. The molecule has 0 aliphatic heterocycles. The molecule has 1 aromatic rings. The number of hydrogen-bond donors (Lipinski definition) is 2. The van der Waals surface area contributed by atoms with Crippen molar-refractivity contribution in [1.82, 2.24) is 15.5 Å². The van der Waals surface area contributed by atoms with Gasteiger partial charge in [-0.1, -0.05) is 50.6 Å². The summed E-state index contributed by atoms with van der Waals surface area (Å²) >= 11 is 0. The first-order valence-corrected chi connectivity index (χ1v) is 10.7. The zero-order chi connectivity index (χ0) is 24.5. The fourth-order valence-corrected chi connectivity index (χ4v) is 3.12. The molecule has 1 rings (SSSR count). The summed E-state index contributed by atoms with van der Waals surface area (Å²) in [6.07, 6.45) is 8.27. The third-order valence-electron chi connectivity index (χ3n) is 4.56. The number of nitrogens with one attached hydrogen (secondary N) is 2. The van der Waals surface area contributed by atoms with Crippen molar-refractivity contribution in [3.63, 3.8) is 0 Å². The SMILES string of the molecule is C#CN(C(=O)C(C)NC(=O)OC(C)(C)C)C(C(=O)NC(C)CCC)c1cccc(C=C)c1. The third-order valence-corrected chi connectivity index (χ3v) is 4.56. The molecule has 0 heterocycles. The Labute approximate surface area is 191 Å². The van der Waals surface area contributed by atoms with Gasteiger partial charge in [0.2, 0.25) is 5.91 Å². The average molecular weight is 442 g/mol. The maximum atomic E-state index is 13.2. The number of rotatable bonds is 9. The van der Waals surface area contributed by atoms with Crippen LogP contribution >= 0.6 is 0 Å². The highest BCUT2D eigenvalue weighted by Gasteiger charge is 2.34. The van der Waals surface area contributed by atoms with Crippen LogP contribution in [0.4, 0.5) is 4.79 Å². The molecule has 2 N–H and O–H groups in total. The van der Waals surface area contributed by atoms with Crippen LogP contribution < -0.4 is 10.6 Å². The topological polar surface area (TPSA) is 87.7 Å². The summed E-state index contributed by atoms with van der Waals surface area (Å²) in [6.45, 7) is 14.3. The van der Waals surface area contributed by atoms with Gasteiger partial charge < -0.3 is 15.4 Å². The summed E-state index contributed by atoms with van der Waals surface area (Å²) in [5.74, 6) is -1.01. The number of amides is 3. The van der Waals surface area contributed by atoms with Crippen LogP contribution in [0.1, 0.15) is 71.6 Å². The number of terminal acetylenes is 1. The van der Waals surface area contributed by atoms with E-state index in [9.17, 15) is 14.4 Å². The minimum absolute atomic E-state index is 0.0929. The molecule has 32 heavy (non-hydrogen) atoms. The van der Waals surface area contributed by atoms with Gasteiger partial charge in [-0.05, 0) is 58.2 Å². The molecular weight excluding hydrogens is 406 g/mol. The number of carbonyl (C=O) groups is 3. The molecule has 0 radical (unpaired) electrons. The third kappa shape index (κ3) is 8.10. The van der Waals surface area contributed by atoms with E-state index in [0.717, 1.165) is 23.3 Å². The van der Waals surface area contributed by atoms with Gasteiger partial charge in [-0.3, -0.25) is 14.5 Å². The van der Waals surface area contributed by atoms with Crippen LogP contribution in [-0.4, -0.2) is 40.5 Å². The Kier molecular flexibility index (Phi) is 9.99. The van der Waals surface area contributed by atoms with Gasteiger partial charge in [0, 0.05) is 12.1 Å². The number of ether oxygens (including phenoxy) is 1. The lowest BCUT2D eigenvalue weighted by Crippen LogP contribution is -2.51. The monoisotopic (exact) mass is 441 g/mol. The normalized spacial score (nSPS) is 13.7. The molecule has 0 aliphatic rings. The van der Waals surface area contributed by atoms with Gasteiger partial charge in [-0.25, -0.2) is 4.79 Å². The smallest absolute Gasteiger partial charge is 0.408 e.